The molecular formula is C14H8BrClF3NO. The Labute approximate surface area is 132 Å². The van der Waals surface area contributed by atoms with Crippen LogP contribution in [0.1, 0.15) is 15.9 Å². The number of hydrogen-bond acceptors (Lipinski definition) is 1. The van der Waals surface area contributed by atoms with Crippen LogP contribution in [0.4, 0.5) is 18.9 Å². The van der Waals surface area contributed by atoms with E-state index in [1.165, 1.54) is 30.3 Å². The summed E-state index contributed by atoms with van der Waals surface area (Å²) in [5.74, 6) is -0.710. The molecular weight excluding hydrogens is 371 g/mol. The smallest absolute Gasteiger partial charge is 0.321 e. The fraction of sp³-hybridized carbons (Fsp3) is 0.0714. The van der Waals surface area contributed by atoms with Crippen molar-refractivity contribution in [3.8, 4) is 0 Å². The topological polar surface area (TPSA) is 29.1 Å². The Hall–Kier alpha value is -1.53. The zero-order chi connectivity index (χ0) is 15.6. The molecule has 0 radical (unpaired) electrons. The first kappa shape index (κ1) is 15.9. The van der Waals surface area contributed by atoms with Crippen LogP contribution in [0.3, 0.4) is 0 Å². The van der Waals surface area contributed by atoms with Crippen molar-refractivity contribution < 1.29 is 18.0 Å². The maximum atomic E-state index is 12.9. The lowest BCUT2D eigenvalue weighted by Gasteiger charge is -2.14. The van der Waals surface area contributed by atoms with E-state index in [4.69, 9.17) is 11.6 Å². The molecule has 2 nitrogen and oxygen atoms in total. The first-order valence-electron chi connectivity index (χ1n) is 5.71. The zero-order valence-electron chi connectivity index (χ0n) is 10.3. The highest BCUT2D eigenvalue weighted by Crippen LogP contribution is 2.35. The van der Waals surface area contributed by atoms with Crippen molar-refractivity contribution in [3.63, 3.8) is 0 Å². The van der Waals surface area contributed by atoms with E-state index in [0.29, 0.717) is 4.47 Å². The molecule has 0 bridgehead atoms. The monoisotopic (exact) mass is 377 g/mol. The average molecular weight is 379 g/mol. The summed E-state index contributed by atoms with van der Waals surface area (Å²) in [7, 11) is 0. The molecule has 0 aliphatic carbocycles. The van der Waals surface area contributed by atoms with Crippen LogP contribution in [0.15, 0.2) is 46.9 Å². The van der Waals surface area contributed by atoms with Crippen LogP contribution in [0.2, 0.25) is 5.02 Å². The van der Waals surface area contributed by atoms with E-state index >= 15 is 0 Å². The van der Waals surface area contributed by atoms with Gasteiger partial charge in [-0.25, -0.2) is 0 Å². The molecule has 0 saturated carbocycles. The third-order valence-corrected chi connectivity index (χ3v) is 3.48. The molecule has 2 aromatic carbocycles. The fourth-order valence-electron chi connectivity index (χ4n) is 1.70. The van der Waals surface area contributed by atoms with Crippen LogP contribution in [-0.4, -0.2) is 5.91 Å². The Morgan fingerprint density at radius 2 is 1.81 bits per heavy atom. The predicted octanol–water partition coefficient (Wildman–Crippen LogP) is 5.37. The minimum absolute atomic E-state index is 0.0861. The highest BCUT2D eigenvalue weighted by atomic mass is 79.9. The van der Waals surface area contributed by atoms with Gasteiger partial charge in [0, 0.05) is 4.47 Å². The Morgan fingerprint density at radius 1 is 1.14 bits per heavy atom. The maximum Gasteiger partial charge on any atom is 0.418 e. The first-order valence-corrected chi connectivity index (χ1v) is 6.89. The number of para-hydroxylation sites is 1. The van der Waals surface area contributed by atoms with E-state index in [1.807, 2.05) is 0 Å². The Balaban J connectivity index is 2.35. The number of nitrogens with one attached hydrogen (secondary N) is 1. The molecule has 0 fully saturated rings. The van der Waals surface area contributed by atoms with E-state index < -0.39 is 17.6 Å². The molecule has 110 valence electrons. The lowest BCUT2D eigenvalue weighted by molar-refractivity contribution is -0.136. The molecule has 2 rings (SSSR count). The van der Waals surface area contributed by atoms with Crippen molar-refractivity contribution in [2.45, 2.75) is 6.18 Å². The number of carbonyl (C=O) groups excluding carboxylic acids is 1. The number of hydrogen-bond donors (Lipinski definition) is 1. The van der Waals surface area contributed by atoms with E-state index in [2.05, 4.69) is 21.2 Å². The minimum Gasteiger partial charge on any atom is -0.321 e. The van der Waals surface area contributed by atoms with Gasteiger partial charge in [0.15, 0.2) is 0 Å². The highest BCUT2D eigenvalue weighted by Gasteiger charge is 2.33. The van der Waals surface area contributed by atoms with Crippen molar-refractivity contribution in [2.24, 2.45) is 0 Å². The lowest BCUT2D eigenvalue weighted by Crippen LogP contribution is -2.17. The van der Waals surface area contributed by atoms with Gasteiger partial charge in [-0.15, -0.1) is 0 Å². The Kier molecular flexibility index (Phi) is 4.58. The summed E-state index contributed by atoms with van der Waals surface area (Å²) < 4.78 is 39.2. The van der Waals surface area contributed by atoms with Gasteiger partial charge in [-0.3, -0.25) is 4.79 Å². The second-order valence-electron chi connectivity index (χ2n) is 4.12. The molecule has 0 unspecified atom stereocenters. The summed E-state index contributed by atoms with van der Waals surface area (Å²) in [6.07, 6.45) is -4.55. The van der Waals surface area contributed by atoms with Crippen molar-refractivity contribution in [3.05, 3.63) is 63.1 Å². The molecule has 0 aliphatic rings. The number of benzene rings is 2. The van der Waals surface area contributed by atoms with Crippen molar-refractivity contribution in [1.82, 2.24) is 0 Å². The van der Waals surface area contributed by atoms with Gasteiger partial charge in [-0.2, -0.15) is 13.2 Å². The summed E-state index contributed by atoms with van der Waals surface area (Å²) >= 11 is 9.06. The molecule has 1 N–H and O–H groups in total. The normalized spacial score (nSPS) is 11.3. The van der Waals surface area contributed by atoms with Gasteiger partial charge in [0.1, 0.15) is 0 Å². The molecule has 2 aromatic rings. The zero-order valence-corrected chi connectivity index (χ0v) is 12.7. The van der Waals surface area contributed by atoms with Crippen molar-refractivity contribution >= 4 is 39.1 Å². The molecule has 0 heterocycles. The molecule has 0 aliphatic heterocycles. The molecule has 21 heavy (non-hydrogen) atoms. The van der Waals surface area contributed by atoms with Crippen LogP contribution in [-0.2, 0) is 6.18 Å². The highest BCUT2D eigenvalue weighted by molar-refractivity contribution is 9.10. The second-order valence-corrected chi connectivity index (χ2v) is 5.44. The summed E-state index contributed by atoms with van der Waals surface area (Å²) in [4.78, 5) is 12.1. The summed E-state index contributed by atoms with van der Waals surface area (Å²) in [5, 5.41) is 2.39. The van der Waals surface area contributed by atoms with E-state index in [1.54, 1.807) is 6.07 Å². The largest absolute Gasteiger partial charge is 0.418 e. The third-order valence-electron chi connectivity index (χ3n) is 2.65. The fourth-order valence-corrected chi connectivity index (χ4v) is 2.26. The van der Waals surface area contributed by atoms with Gasteiger partial charge in [-0.1, -0.05) is 39.7 Å². The van der Waals surface area contributed by atoms with Crippen molar-refractivity contribution in [2.75, 3.05) is 5.32 Å². The second kappa shape index (κ2) is 6.07. The lowest BCUT2D eigenvalue weighted by atomic mass is 10.1. The number of halogens is 5. The molecule has 0 spiro atoms. The predicted molar refractivity (Wildman–Crippen MR) is 78.5 cm³/mol. The van der Waals surface area contributed by atoms with Gasteiger partial charge in [0.2, 0.25) is 0 Å². The number of amides is 1. The van der Waals surface area contributed by atoms with Crippen LogP contribution in [0.25, 0.3) is 0 Å². The standard InChI is InChI=1S/C14H8BrClF3NO/c15-8-5-6-11(16)9(7-8)13(21)20-12-4-2-1-3-10(12)14(17,18)19/h1-7H,(H,20,21). The van der Waals surface area contributed by atoms with Crippen LogP contribution in [0.5, 0.6) is 0 Å². The molecule has 0 atom stereocenters. The van der Waals surface area contributed by atoms with Crippen molar-refractivity contribution in [1.29, 1.82) is 0 Å². The molecule has 0 saturated heterocycles. The molecule has 1 amide bonds. The minimum atomic E-state index is -4.55. The number of anilines is 1. The number of alkyl halides is 3. The summed E-state index contributed by atoms with van der Waals surface area (Å²) in [6, 6.07) is 9.30. The van der Waals surface area contributed by atoms with Gasteiger partial charge in [0.25, 0.3) is 5.91 Å². The summed E-state index contributed by atoms with van der Waals surface area (Å²) in [5.41, 5.74) is -1.14. The average Bonchev–Trinajstić information content (AvgIpc) is 2.41. The van der Waals surface area contributed by atoms with Gasteiger partial charge in [0.05, 0.1) is 21.8 Å². The third kappa shape index (κ3) is 3.77. The Morgan fingerprint density at radius 3 is 2.48 bits per heavy atom. The summed E-state index contributed by atoms with van der Waals surface area (Å²) in [6.45, 7) is 0. The van der Waals surface area contributed by atoms with Crippen LogP contribution in [0, 0.1) is 0 Å². The maximum absolute atomic E-state index is 12.9. The number of rotatable bonds is 2. The first-order chi connectivity index (χ1) is 9.79. The van der Waals surface area contributed by atoms with Gasteiger partial charge in [-0.05, 0) is 30.3 Å². The van der Waals surface area contributed by atoms with E-state index in [0.717, 1.165) is 6.07 Å². The van der Waals surface area contributed by atoms with E-state index in [-0.39, 0.29) is 16.3 Å². The molecule has 0 aromatic heterocycles. The van der Waals surface area contributed by atoms with Gasteiger partial charge < -0.3 is 5.32 Å². The quantitative estimate of drug-likeness (QED) is 0.747. The SMILES string of the molecule is O=C(Nc1ccccc1C(F)(F)F)c1cc(Br)ccc1Cl. The van der Waals surface area contributed by atoms with Gasteiger partial charge >= 0.3 is 6.18 Å². The number of carbonyl (C=O) groups is 1. The molecule has 7 heteroatoms. The van der Waals surface area contributed by atoms with Crippen LogP contribution >= 0.6 is 27.5 Å². The van der Waals surface area contributed by atoms with Crippen LogP contribution < -0.4 is 5.32 Å². The Bertz CT molecular complexity index is 688. The van der Waals surface area contributed by atoms with E-state index in [9.17, 15) is 18.0 Å².